The molecule has 0 amide bonds. The molecule has 1 N–H and O–H groups in total. The summed E-state index contributed by atoms with van der Waals surface area (Å²) in [6.07, 6.45) is 16.0. The van der Waals surface area contributed by atoms with Crippen LogP contribution in [0.1, 0.15) is 117 Å². The quantitative estimate of drug-likeness (QED) is 0.218. The van der Waals surface area contributed by atoms with Crippen LogP contribution in [0, 0.1) is 0 Å². The van der Waals surface area contributed by atoms with Gasteiger partial charge >= 0.3 is 29.6 Å². The van der Waals surface area contributed by atoms with Gasteiger partial charge < -0.3 is 9.66 Å². The Morgan fingerprint density at radius 2 is 1.08 bits per heavy atom. The molecule has 26 heavy (non-hydrogen) atoms. The van der Waals surface area contributed by atoms with Crippen LogP contribution < -0.4 is 29.6 Å². The van der Waals surface area contributed by atoms with Gasteiger partial charge in [-0.25, -0.2) is 8.42 Å². The van der Waals surface area contributed by atoms with Gasteiger partial charge in [0.2, 0.25) is 0 Å². The first-order valence-corrected chi connectivity index (χ1v) is 12.0. The molecule has 0 bridgehead atoms. The van der Waals surface area contributed by atoms with Gasteiger partial charge in [0.15, 0.2) is 0 Å². The maximum Gasteiger partial charge on any atom is 1.00 e. The number of hydrogen-bond acceptors (Lipinski definition) is 4. The van der Waals surface area contributed by atoms with Gasteiger partial charge in [-0.15, -0.1) is 0 Å². The van der Waals surface area contributed by atoms with Gasteiger partial charge in [0.25, 0.3) is 0 Å². The van der Waals surface area contributed by atoms with Crippen molar-refractivity contribution in [3.8, 4) is 0 Å². The van der Waals surface area contributed by atoms with Gasteiger partial charge in [0.05, 0.1) is 16.2 Å². The molecule has 2 atom stereocenters. The van der Waals surface area contributed by atoms with E-state index in [4.69, 9.17) is 0 Å². The van der Waals surface area contributed by atoms with Gasteiger partial charge in [-0.3, -0.25) is 0 Å². The molecule has 0 aromatic rings. The van der Waals surface area contributed by atoms with E-state index in [2.05, 4.69) is 6.92 Å². The van der Waals surface area contributed by atoms with E-state index in [1.165, 1.54) is 32.1 Å². The van der Waals surface area contributed by atoms with Crippen molar-refractivity contribution in [2.24, 2.45) is 0 Å². The summed E-state index contributed by atoms with van der Waals surface area (Å²) >= 11 is 0. The van der Waals surface area contributed by atoms with E-state index in [0.717, 1.165) is 57.8 Å². The zero-order chi connectivity index (χ0) is 19.0. The largest absolute Gasteiger partial charge is 1.00 e. The van der Waals surface area contributed by atoms with E-state index < -0.39 is 15.4 Å². The SMILES string of the molecule is CCCCCCCCCCC(CCCCCCCC(C)O)S(=O)(=O)[O-].[Na+]. The summed E-state index contributed by atoms with van der Waals surface area (Å²) in [4.78, 5) is 0. The zero-order valence-electron chi connectivity index (χ0n) is 17.5. The second-order valence-corrected chi connectivity index (χ2v) is 9.22. The first-order valence-electron chi connectivity index (χ1n) is 10.5. The molecule has 0 rings (SSSR count). The van der Waals surface area contributed by atoms with E-state index in [0.29, 0.717) is 12.8 Å². The number of rotatable bonds is 18. The Balaban J connectivity index is 0. The van der Waals surface area contributed by atoms with E-state index in [9.17, 15) is 18.1 Å². The van der Waals surface area contributed by atoms with E-state index >= 15 is 0 Å². The molecule has 0 saturated heterocycles. The number of aliphatic hydroxyl groups excluding tert-OH is 1. The summed E-state index contributed by atoms with van der Waals surface area (Å²) in [5, 5.41) is 8.50. The van der Waals surface area contributed by atoms with Crippen LogP contribution in [0.25, 0.3) is 0 Å². The van der Waals surface area contributed by atoms with E-state index in [1.54, 1.807) is 6.92 Å². The van der Waals surface area contributed by atoms with Crippen LogP contribution in [-0.4, -0.2) is 29.4 Å². The van der Waals surface area contributed by atoms with Crippen molar-refractivity contribution in [2.45, 2.75) is 128 Å². The summed E-state index contributed by atoms with van der Waals surface area (Å²) in [7, 11) is -4.16. The fourth-order valence-corrected chi connectivity index (χ4v) is 4.19. The minimum Gasteiger partial charge on any atom is -0.748 e. The smallest absolute Gasteiger partial charge is 0.748 e. The third kappa shape index (κ3) is 19.6. The number of unbranched alkanes of at least 4 members (excludes halogenated alkanes) is 11. The van der Waals surface area contributed by atoms with Gasteiger partial charge in [-0.2, -0.15) is 0 Å². The van der Waals surface area contributed by atoms with Crippen LogP contribution in [0.15, 0.2) is 0 Å². The molecular formula is C20H41NaO4S. The van der Waals surface area contributed by atoms with E-state index in [-0.39, 0.29) is 35.7 Å². The van der Waals surface area contributed by atoms with Gasteiger partial charge in [0.1, 0.15) is 0 Å². The standard InChI is InChI=1S/C20H42O4S.Na/c1-3-4-5-6-7-8-11-14-17-20(25(22,23)24)18-15-12-9-10-13-16-19(2)21;/h19-21H,3-18H2,1-2H3,(H,22,23,24);/q;+1/p-1. The minimum absolute atomic E-state index is 0. The molecule has 0 aliphatic heterocycles. The second-order valence-electron chi connectivity index (χ2n) is 7.57. The summed E-state index contributed by atoms with van der Waals surface area (Å²) < 4.78 is 34.3. The molecule has 0 radical (unpaired) electrons. The van der Waals surface area contributed by atoms with Crippen molar-refractivity contribution in [2.75, 3.05) is 0 Å². The second kappa shape index (κ2) is 19.2. The molecular weight excluding hydrogens is 359 g/mol. The van der Waals surface area contributed by atoms with Crippen LogP contribution in [0.5, 0.6) is 0 Å². The molecule has 4 nitrogen and oxygen atoms in total. The first-order chi connectivity index (χ1) is 11.9. The fourth-order valence-electron chi connectivity index (χ4n) is 3.28. The summed E-state index contributed by atoms with van der Waals surface area (Å²) in [6.45, 7) is 4.01. The molecule has 6 heteroatoms. The van der Waals surface area contributed by atoms with Crippen molar-refractivity contribution in [3.05, 3.63) is 0 Å². The van der Waals surface area contributed by atoms with Crippen molar-refractivity contribution in [1.29, 1.82) is 0 Å². The number of aliphatic hydroxyl groups is 1. The molecule has 0 spiro atoms. The minimum atomic E-state index is -4.16. The maximum atomic E-state index is 11.4. The zero-order valence-corrected chi connectivity index (χ0v) is 20.4. The van der Waals surface area contributed by atoms with Crippen molar-refractivity contribution >= 4 is 10.1 Å². The van der Waals surface area contributed by atoms with Crippen LogP contribution in [-0.2, 0) is 10.1 Å². The summed E-state index contributed by atoms with van der Waals surface area (Å²) in [5.74, 6) is 0. The predicted molar refractivity (Wildman–Crippen MR) is 105 cm³/mol. The molecule has 152 valence electrons. The van der Waals surface area contributed by atoms with Crippen LogP contribution in [0.3, 0.4) is 0 Å². The Kier molecular flexibility index (Phi) is 21.5. The number of hydrogen-bond donors (Lipinski definition) is 1. The Morgan fingerprint density at radius 1 is 0.731 bits per heavy atom. The van der Waals surface area contributed by atoms with Crippen molar-refractivity contribution < 1.29 is 47.6 Å². The first kappa shape index (κ1) is 29.1. The fraction of sp³-hybridized carbons (Fsp3) is 1.00. The molecule has 2 unspecified atom stereocenters. The third-order valence-electron chi connectivity index (χ3n) is 4.94. The predicted octanol–water partition coefficient (Wildman–Crippen LogP) is 2.55. The molecule has 0 aliphatic rings. The third-order valence-corrected chi connectivity index (χ3v) is 6.22. The van der Waals surface area contributed by atoms with Gasteiger partial charge in [-0.1, -0.05) is 90.4 Å². The maximum absolute atomic E-state index is 11.4. The van der Waals surface area contributed by atoms with Gasteiger partial charge in [0, 0.05) is 5.25 Å². The Morgan fingerprint density at radius 3 is 1.42 bits per heavy atom. The van der Waals surface area contributed by atoms with Crippen molar-refractivity contribution in [1.82, 2.24) is 0 Å². The van der Waals surface area contributed by atoms with Gasteiger partial charge in [-0.05, 0) is 26.2 Å². The normalized spacial score (nSPS) is 14.0. The van der Waals surface area contributed by atoms with Crippen LogP contribution in [0.2, 0.25) is 0 Å². The monoisotopic (exact) mass is 400 g/mol. The summed E-state index contributed by atoms with van der Waals surface area (Å²) in [5.41, 5.74) is 0. The average Bonchev–Trinajstić information content (AvgIpc) is 2.53. The van der Waals surface area contributed by atoms with Crippen LogP contribution >= 0.6 is 0 Å². The Hall–Kier alpha value is 0.870. The van der Waals surface area contributed by atoms with E-state index in [1.807, 2.05) is 0 Å². The Bertz CT molecular complexity index is 385. The van der Waals surface area contributed by atoms with Crippen molar-refractivity contribution in [3.63, 3.8) is 0 Å². The topological polar surface area (TPSA) is 77.4 Å². The molecule has 0 aromatic heterocycles. The molecule has 0 fully saturated rings. The molecule has 0 aliphatic carbocycles. The summed E-state index contributed by atoms with van der Waals surface area (Å²) in [6, 6.07) is 0. The van der Waals surface area contributed by atoms with Crippen LogP contribution in [0.4, 0.5) is 0 Å². The Labute approximate surface area is 185 Å². The average molecular weight is 401 g/mol. The molecule has 0 aromatic carbocycles. The molecule has 0 saturated carbocycles. The molecule has 0 heterocycles.